The molecule has 4 amide bonds. The number of amides is 4. The molecule has 490 valence electrons. The van der Waals surface area contributed by atoms with Gasteiger partial charge in [-0.25, -0.2) is 9.59 Å². The van der Waals surface area contributed by atoms with Gasteiger partial charge < -0.3 is 22.1 Å². The Labute approximate surface area is 516 Å². The Kier molecular flexibility index (Phi) is 64.3. The number of rotatable bonds is 71. The molecular formula is C76H154N4O2. The van der Waals surface area contributed by atoms with Crippen molar-refractivity contribution in [3.63, 3.8) is 0 Å². The highest BCUT2D eigenvalue weighted by molar-refractivity contribution is 5.76. The zero-order chi connectivity index (χ0) is 59.7. The zero-order valence-corrected chi connectivity index (χ0v) is 57.1. The van der Waals surface area contributed by atoms with Crippen molar-refractivity contribution in [3.05, 3.63) is 0 Å². The van der Waals surface area contributed by atoms with Crippen LogP contribution in [0.2, 0.25) is 0 Å². The largest absolute Gasteiger partial charge is 0.352 e. The Balaban J connectivity index is 5.87. The first-order chi connectivity index (χ1) is 40.3. The molecule has 82 heavy (non-hydrogen) atoms. The Bertz CT molecular complexity index is 1150. The highest BCUT2D eigenvalue weighted by Gasteiger charge is 2.51. The molecule has 0 radical (unpaired) electrons. The van der Waals surface area contributed by atoms with Crippen molar-refractivity contribution >= 4 is 12.1 Å². The van der Waals surface area contributed by atoms with Crippen LogP contribution in [0, 0.1) is 5.41 Å². The lowest BCUT2D eigenvalue weighted by Crippen LogP contribution is -2.71. The van der Waals surface area contributed by atoms with Crippen LogP contribution in [0.5, 0.6) is 0 Å². The molecule has 6 heteroatoms. The van der Waals surface area contributed by atoms with E-state index in [9.17, 15) is 9.59 Å². The van der Waals surface area contributed by atoms with E-state index in [1.807, 2.05) is 0 Å². The minimum Gasteiger partial charge on any atom is -0.352 e. The van der Waals surface area contributed by atoms with Gasteiger partial charge in [-0.1, -0.05) is 432 Å². The average Bonchev–Trinajstić information content (AvgIpc) is 3.54. The van der Waals surface area contributed by atoms with Gasteiger partial charge in [0.1, 0.15) is 5.66 Å². The summed E-state index contributed by atoms with van der Waals surface area (Å²) in [7, 11) is 0. The molecule has 0 saturated carbocycles. The standard InChI is InChI=1S/C76H154N4O2/c1-5-9-13-17-21-25-29-33-37-41-45-49-53-57-61-65-69-75(70-66-62-58-54-50-46-42-38-34-30-26-22-18-14-10-6-2,71-67-63-59-55-51-47-43-39-35-31-27-23-19-15-11-7-3)76(79-73(77)81,80-74(78)82)72-68-64-60-56-52-48-44-40-36-32-28-24-20-16-12-8-4/h5-72H2,1-4H3,(H3,77,79,81)(H3,78,80,82). The highest BCUT2D eigenvalue weighted by Crippen LogP contribution is 2.48. The van der Waals surface area contributed by atoms with Crippen LogP contribution < -0.4 is 22.1 Å². The molecule has 6 nitrogen and oxygen atoms in total. The summed E-state index contributed by atoms with van der Waals surface area (Å²) in [6.45, 7) is 9.22. The lowest BCUT2D eigenvalue weighted by molar-refractivity contribution is 0.0219. The number of nitrogens with one attached hydrogen (secondary N) is 2. The van der Waals surface area contributed by atoms with Crippen molar-refractivity contribution in [2.24, 2.45) is 16.9 Å². The Morgan fingerprint density at radius 3 is 0.463 bits per heavy atom. The molecule has 0 aliphatic rings. The topological polar surface area (TPSA) is 110 Å². The molecule has 0 fully saturated rings. The zero-order valence-electron chi connectivity index (χ0n) is 57.1. The molecule has 0 heterocycles. The maximum Gasteiger partial charge on any atom is 0.314 e. The summed E-state index contributed by atoms with van der Waals surface area (Å²) >= 11 is 0. The van der Waals surface area contributed by atoms with Crippen LogP contribution in [0.3, 0.4) is 0 Å². The quantitative estimate of drug-likeness (QED) is 0.0359. The predicted octanol–water partition coefficient (Wildman–Crippen LogP) is 26.6. The number of urea groups is 2. The van der Waals surface area contributed by atoms with E-state index in [-0.39, 0.29) is 5.41 Å². The third-order valence-electron chi connectivity index (χ3n) is 19.5. The molecule has 0 bridgehead atoms. The van der Waals surface area contributed by atoms with E-state index in [2.05, 4.69) is 38.3 Å². The van der Waals surface area contributed by atoms with Gasteiger partial charge in [-0.2, -0.15) is 0 Å². The molecule has 0 saturated heterocycles. The Morgan fingerprint density at radius 2 is 0.329 bits per heavy atom. The molecule has 0 aliphatic heterocycles. The number of unbranched alkanes of at least 4 members (excludes halogenated alkanes) is 60. The average molecular weight is 1160 g/mol. The number of primary amides is 2. The second-order valence-electron chi connectivity index (χ2n) is 27.4. The van der Waals surface area contributed by atoms with Crippen LogP contribution in [-0.2, 0) is 0 Å². The maximum atomic E-state index is 13.4. The van der Waals surface area contributed by atoms with E-state index in [0.717, 1.165) is 51.4 Å². The summed E-state index contributed by atoms with van der Waals surface area (Å²) < 4.78 is 0. The van der Waals surface area contributed by atoms with Crippen molar-refractivity contribution in [1.29, 1.82) is 0 Å². The fourth-order valence-electron chi connectivity index (χ4n) is 14.1. The van der Waals surface area contributed by atoms with Gasteiger partial charge in [0.15, 0.2) is 0 Å². The van der Waals surface area contributed by atoms with E-state index >= 15 is 0 Å². The molecule has 0 unspecified atom stereocenters. The van der Waals surface area contributed by atoms with Gasteiger partial charge in [0, 0.05) is 5.41 Å². The second-order valence-corrected chi connectivity index (χ2v) is 27.4. The van der Waals surface area contributed by atoms with Gasteiger partial charge in [-0.3, -0.25) is 0 Å². The SMILES string of the molecule is CCCCCCCCCCCCCCCCCCC(CCCCCCCCCCCCCCCCCC)(CCCCCCCCCCCCCCCCCC)C(CCCCCCCCCCCCCCCCCC)(NC(N)=O)NC(N)=O. The monoisotopic (exact) mass is 1160 g/mol. The molecule has 0 aromatic carbocycles. The van der Waals surface area contributed by atoms with Crippen molar-refractivity contribution in [2.45, 2.75) is 470 Å². The molecule has 0 rings (SSSR count). The highest BCUT2D eigenvalue weighted by atomic mass is 16.2. The van der Waals surface area contributed by atoms with Crippen LogP contribution in [-0.4, -0.2) is 17.7 Å². The first-order valence-corrected chi connectivity index (χ1v) is 38.5. The van der Waals surface area contributed by atoms with E-state index in [4.69, 9.17) is 11.5 Å². The molecule has 6 N–H and O–H groups in total. The number of hydrogen-bond donors (Lipinski definition) is 4. The summed E-state index contributed by atoms with van der Waals surface area (Å²) in [5.74, 6) is 0. The Hall–Kier alpha value is -1.46. The Morgan fingerprint density at radius 1 is 0.207 bits per heavy atom. The number of carbonyl (C=O) groups is 2. The summed E-state index contributed by atoms with van der Waals surface area (Å²) in [6, 6.07) is -1.05. The lowest BCUT2D eigenvalue weighted by atomic mass is 9.63. The summed E-state index contributed by atoms with van der Waals surface area (Å²) in [5.41, 5.74) is 11.2. The van der Waals surface area contributed by atoms with Gasteiger partial charge >= 0.3 is 12.1 Å². The van der Waals surface area contributed by atoms with E-state index in [0.29, 0.717) is 6.42 Å². The van der Waals surface area contributed by atoms with Crippen molar-refractivity contribution in [1.82, 2.24) is 10.6 Å². The minimum atomic E-state index is -0.943. The normalized spacial score (nSPS) is 12.0. The lowest BCUT2D eigenvalue weighted by Gasteiger charge is -2.52. The van der Waals surface area contributed by atoms with E-state index in [1.54, 1.807) is 0 Å². The molecule has 0 atom stereocenters. The summed E-state index contributed by atoms with van der Waals surface area (Å²) in [5, 5.41) is 6.72. The molecule has 0 spiro atoms. The van der Waals surface area contributed by atoms with Crippen LogP contribution >= 0.6 is 0 Å². The van der Waals surface area contributed by atoms with Crippen molar-refractivity contribution < 1.29 is 9.59 Å². The van der Waals surface area contributed by atoms with Gasteiger partial charge in [0.2, 0.25) is 0 Å². The minimum absolute atomic E-state index is 0.297. The van der Waals surface area contributed by atoms with Crippen LogP contribution in [0.4, 0.5) is 9.59 Å². The number of nitrogens with two attached hydrogens (primary N) is 2. The van der Waals surface area contributed by atoms with Crippen LogP contribution in [0.25, 0.3) is 0 Å². The molecule has 0 aromatic heterocycles. The molecule has 0 aliphatic carbocycles. The first kappa shape index (κ1) is 80.5. The van der Waals surface area contributed by atoms with E-state index < -0.39 is 17.7 Å². The fraction of sp³-hybridized carbons (Fsp3) is 0.974. The van der Waals surface area contributed by atoms with Gasteiger partial charge in [0.05, 0.1) is 0 Å². The number of carbonyl (C=O) groups excluding carboxylic acids is 2. The van der Waals surface area contributed by atoms with E-state index in [1.165, 1.54) is 379 Å². The van der Waals surface area contributed by atoms with Crippen molar-refractivity contribution in [3.8, 4) is 0 Å². The summed E-state index contributed by atoms with van der Waals surface area (Å²) in [6.07, 6.45) is 89.9. The van der Waals surface area contributed by atoms with Gasteiger partial charge in [0.25, 0.3) is 0 Å². The fourth-order valence-corrected chi connectivity index (χ4v) is 14.1. The van der Waals surface area contributed by atoms with Crippen LogP contribution in [0.1, 0.15) is 464 Å². The second kappa shape index (κ2) is 65.5. The third kappa shape index (κ3) is 54.0. The third-order valence-corrected chi connectivity index (χ3v) is 19.5. The number of hydrogen-bond acceptors (Lipinski definition) is 2. The molecular weight excluding hydrogens is 1000 g/mol. The molecule has 0 aromatic rings. The van der Waals surface area contributed by atoms with Crippen LogP contribution in [0.15, 0.2) is 0 Å². The first-order valence-electron chi connectivity index (χ1n) is 38.5. The van der Waals surface area contributed by atoms with Gasteiger partial charge in [-0.15, -0.1) is 0 Å². The van der Waals surface area contributed by atoms with Gasteiger partial charge in [-0.05, 0) is 32.1 Å². The van der Waals surface area contributed by atoms with Crippen molar-refractivity contribution in [2.75, 3.05) is 0 Å². The summed E-state index contributed by atoms with van der Waals surface area (Å²) in [4.78, 5) is 26.8. The maximum absolute atomic E-state index is 13.4. The smallest absolute Gasteiger partial charge is 0.314 e. The predicted molar refractivity (Wildman–Crippen MR) is 367 cm³/mol.